The predicted molar refractivity (Wildman–Crippen MR) is 106 cm³/mol. The van der Waals surface area contributed by atoms with Crippen molar-refractivity contribution in [2.24, 2.45) is 0 Å². The van der Waals surface area contributed by atoms with E-state index < -0.39 is 70.5 Å². The van der Waals surface area contributed by atoms with Gasteiger partial charge in [-0.05, 0) is 24.1 Å². The lowest BCUT2D eigenvalue weighted by Crippen LogP contribution is -2.57. The number of rotatable bonds is 5. The molecule has 30 heavy (non-hydrogen) atoms. The van der Waals surface area contributed by atoms with Crippen molar-refractivity contribution < 1.29 is 49.8 Å². The average Bonchev–Trinajstić information content (AvgIpc) is 2.69. The Balaban J connectivity index is 2.09. The molecule has 1 aliphatic rings. The molecule has 1 fully saturated rings. The second-order valence-corrected chi connectivity index (χ2v) is 10.0. The van der Waals surface area contributed by atoms with Crippen LogP contribution in [0.3, 0.4) is 0 Å². The molecular formula is C18H31NO10Si. The van der Waals surface area contributed by atoms with Crippen LogP contribution in [0.4, 0.5) is 5.69 Å². The van der Waals surface area contributed by atoms with Gasteiger partial charge in [-0.3, -0.25) is 0 Å². The first kappa shape index (κ1) is 25.1. The fourth-order valence-electron chi connectivity index (χ4n) is 3.39. The third-order valence-corrected chi connectivity index (χ3v) is 6.88. The summed E-state index contributed by atoms with van der Waals surface area (Å²) in [6.45, 7) is 0. The summed E-state index contributed by atoms with van der Waals surface area (Å²) in [4.78, 5) is 20.7. The van der Waals surface area contributed by atoms with Crippen LogP contribution in [0.1, 0.15) is 18.4 Å². The first-order valence-corrected chi connectivity index (χ1v) is 11.7. The van der Waals surface area contributed by atoms with E-state index in [1.54, 1.807) is 24.3 Å². The van der Waals surface area contributed by atoms with E-state index >= 15 is 0 Å². The number of nitrogen functional groups attached to an aromatic ring is 1. The zero-order chi connectivity index (χ0) is 22.6. The maximum Gasteiger partial charge on any atom is 0.496 e. The molecule has 0 saturated heterocycles. The Labute approximate surface area is 174 Å². The van der Waals surface area contributed by atoms with Gasteiger partial charge in [0.1, 0.15) is 30.5 Å². The lowest BCUT2D eigenvalue weighted by Gasteiger charge is -2.37. The van der Waals surface area contributed by atoms with Crippen molar-refractivity contribution in [1.29, 1.82) is 0 Å². The highest BCUT2D eigenvalue weighted by Gasteiger charge is 2.44. The Morgan fingerprint density at radius 2 is 1.20 bits per heavy atom. The number of aliphatic hydroxyl groups excluding tert-OH is 7. The second kappa shape index (κ2) is 10.4. The maximum atomic E-state index is 10.3. The fourth-order valence-corrected chi connectivity index (χ4v) is 4.85. The Morgan fingerprint density at radius 3 is 1.67 bits per heavy atom. The molecule has 0 amide bonds. The zero-order valence-electron chi connectivity index (χ0n) is 16.3. The van der Waals surface area contributed by atoms with Gasteiger partial charge in [-0.2, -0.15) is 0 Å². The smallest absolute Gasteiger partial charge is 0.399 e. The first-order chi connectivity index (χ1) is 13.9. The van der Waals surface area contributed by atoms with Gasteiger partial charge in [0.2, 0.25) is 0 Å². The summed E-state index contributed by atoms with van der Waals surface area (Å²) in [6, 6.07) is 6.62. The van der Waals surface area contributed by atoms with Crippen LogP contribution in [0.25, 0.3) is 0 Å². The summed E-state index contributed by atoms with van der Waals surface area (Å²) < 4.78 is 5.35. The molecule has 1 aromatic carbocycles. The molecule has 0 radical (unpaired) electrons. The summed E-state index contributed by atoms with van der Waals surface area (Å²) in [7, 11) is -4.30. The zero-order valence-corrected chi connectivity index (χ0v) is 17.3. The molecule has 1 aromatic rings. The van der Waals surface area contributed by atoms with Gasteiger partial charge >= 0.3 is 8.80 Å². The molecule has 1 aliphatic carbocycles. The van der Waals surface area contributed by atoms with E-state index in [2.05, 4.69) is 0 Å². The molecule has 1 saturated carbocycles. The Kier molecular flexibility index (Phi) is 8.73. The van der Waals surface area contributed by atoms with Crippen molar-refractivity contribution in [3.63, 3.8) is 0 Å². The second-order valence-electron chi connectivity index (χ2n) is 7.78. The van der Waals surface area contributed by atoms with E-state index in [1.807, 2.05) is 0 Å². The molecule has 11 N–H and O–H groups in total. The SMILES string of the molecule is Nc1ccc(CC[Si](O)(O)O[C@H]2CC(O)C(O)C(O)C(O)C(O)[C@@H](O)C(O)C2)cc1. The number of anilines is 1. The third kappa shape index (κ3) is 6.67. The molecule has 6 unspecified atom stereocenters. The normalized spacial score (nSPS) is 36.4. The quantitative estimate of drug-likeness (QED) is 0.157. The maximum absolute atomic E-state index is 10.3. The van der Waals surface area contributed by atoms with E-state index in [9.17, 15) is 45.3 Å². The van der Waals surface area contributed by atoms with Gasteiger partial charge in [-0.25, -0.2) is 0 Å². The Bertz CT molecular complexity index is 639. The molecule has 0 aliphatic heterocycles. The lowest BCUT2D eigenvalue weighted by molar-refractivity contribution is -0.179. The largest absolute Gasteiger partial charge is 0.496 e. The minimum atomic E-state index is -4.30. The van der Waals surface area contributed by atoms with Gasteiger partial charge < -0.3 is 55.5 Å². The van der Waals surface area contributed by atoms with Crippen LogP contribution >= 0.6 is 0 Å². The Hall–Kier alpha value is -1.16. The van der Waals surface area contributed by atoms with Crippen molar-refractivity contribution in [3.05, 3.63) is 29.8 Å². The standard InChI is InChI=1S/C18H31NO10Si/c19-10-3-1-9(2-4-10)5-6-30(27,28)29-11-7-12(20)14(22)16(24)18(26)17(25)15(23)13(21)8-11/h1-4,11-18,20-28H,5-8,19H2/t11-,12?,13?,14+,15?,16?,17?,18?/m1/s1. The average molecular weight is 450 g/mol. The van der Waals surface area contributed by atoms with Crippen LogP contribution in [-0.4, -0.2) is 103 Å². The summed E-state index contributed by atoms with van der Waals surface area (Å²) in [6.07, 6.45) is -15.1. The number of nitrogens with two attached hydrogens (primary N) is 1. The van der Waals surface area contributed by atoms with Gasteiger partial charge in [-0.1, -0.05) is 12.1 Å². The monoisotopic (exact) mass is 449 g/mol. The van der Waals surface area contributed by atoms with Crippen LogP contribution in [-0.2, 0) is 10.8 Å². The highest BCUT2D eigenvalue weighted by atomic mass is 28.4. The molecule has 0 aromatic heterocycles. The molecule has 8 atom stereocenters. The number of benzene rings is 1. The predicted octanol–water partition coefficient (Wildman–Crippen LogP) is -3.56. The summed E-state index contributed by atoms with van der Waals surface area (Å²) in [5.41, 5.74) is 6.95. The molecule has 0 spiro atoms. The van der Waals surface area contributed by atoms with Gasteiger partial charge in [-0.15, -0.1) is 0 Å². The van der Waals surface area contributed by atoms with Crippen molar-refractivity contribution in [2.75, 3.05) is 5.73 Å². The van der Waals surface area contributed by atoms with E-state index in [-0.39, 0.29) is 12.5 Å². The van der Waals surface area contributed by atoms with Crippen LogP contribution in [0.2, 0.25) is 6.04 Å². The molecule has 0 bridgehead atoms. The number of hydrogen-bond donors (Lipinski definition) is 10. The molecule has 0 heterocycles. The Morgan fingerprint density at radius 1 is 0.767 bits per heavy atom. The molecular weight excluding hydrogens is 418 g/mol. The van der Waals surface area contributed by atoms with Crippen molar-refractivity contribution in [1.82, 2.24) is 0 Å². The lowest BCUT2D eigenvalue weighted by atomic mass is 9.88. The summed E-state index contributed by atoms with van der Waals surface area (Å²) in [5, 5.41) is 69.9. The van der Waals surface area contributed by atoms with E-state index in [1.165, 1.54) is 0 Å². The van der Waals surface area contributed by atoms with Crippen LogP contribution in [0.5, 0.6) is 0 Å². The molecule has 11 nitrogen and oxygen atoms in total. The van der Waals surface area contributed by atoms with E-state index in [4.69, 9.17) is 10.2 Å². The fraction of sp³-hybridized carbons (Fsp3) is 0.667. The number of aryl methyl sites for hydroxylation is 1. The van der Waals surface area contributed by atoms with Crippen LogP contribution in [0.15, 0.2) is 24.3 Å². The van der Waals surface area contributed by atoms with Crippen molar-refractivity contribution >= 4 is 14.5 Å². The van der Waals surface area contributed by atoms with E-state index in [0.29, 0.717) is 5.69 Å². The van der Waals surface area contributed by atoms with Crippen molar-refractivity contribution in [2.45, 2.75) is 74.1 Å². The highest BCUT2D eigenvalue weighted by molar-refractivity contribution is 6.57. The van der Waals surface area contributed by atoms with Gasteiger partial charge in [0.15, 0.2) is 0 Å². The summed E-state index contributed by atoms with van der Waals surface area (Å²) >= 11 is 0. The number of aliphatic hydroxyl groups is 7. The molecule has 12 heteroatoms. The highest BCUT2D eigenvalue weighted by Crippen LogP contribution is 2.25. The molecule has 172 valence electrons. The summed E-state index contributed by atoms with van der Waals surface area (Å²) in [5.74, 6) is 0. The number of hydrogen-bond acceptors (Lipinski definition) is 11. The minimum Gasteiger partial charge on any atom is -0.399 e. The van der Waals surface area contributed by atoms with E-state index in [0.717, 1.165) is 5.56 Å². The van der Waals surface area contributed by atoms with Crippen molar-refractivity contribution in [3.8, 4) is 0 Å². The van der Waals surface area contributed by atoms with Gasteiger partial charge in [0.05, 0.1) is 18.3 Å². The topological polar surface area (TPSA) is 217 Å². The first-order valence-electron chi connectivity index (χ1n) is 9.64. The van der Waals surface area contributed by atoms with Crippen LogP contribution < -0.4 is 5.73 Å². The minimum absolute atomic E-state index is 0.144. The third-order valence-electron chi connectivity index (χ3n) is 5.27. The van der Waals surface area contributed by atoms with Gasteiger partial charge in [0, 0.05) is 24.6 Å². The molecule has 2 rings (SSSR count). The van der Waals surface area contributed by atoms with Crippen LogP contribution in [0, 0.1) is 0 Å². The van der Waals surface area contributed by atoms with Gasteiger partial charge in [0.25, 0.3) is 0 Å².